The Balaban J connectivity index is 1.96. The normalized spacial score (nSPS) is 11.2. The molecule has 0 saturated carbocycles. The van der Waals surface area contributed by atoms with Gasteiger partial charge in [0, 0.05) is 25.4 Å². The summed E-state index contributed by atoms with van der Waals surface area (Å²) in [7, 11) is 1.89. The fourth-order valence-electron chi connectivity index (χ4n) is 1.70. The number of likely N-dealkylation sites (N-methyl/N-ethyl adjacent to an activating group) is 1. The maximum absolute atomic E-state index is 5.24. The number of nitrogens with one attached hydrogen (secondary N) is 1. The van der Waals surface area contributed by atoms with Gasteiger partial charge in [0.25, 0.3) is 5.89 Å². The van der Waals surface area contributed by atoms with Crippen LogP contribution in [0.4, 0.5) is 0 Å². The van der Waals surface area contributed by atoms with Crippen molar-refractivity contribution >= 4 is 5.52 Å². The number of hydrogen-bond acceptors (Lipinski definition) is 6. The second kappa shape index (κ2) is 4.53. The minimum atomic E-state index is 0.476. The highest BCUT2D eigenvalue weighted by molar-refractivity contribution is 5.73. The fourth-order valence-corrected chi connectivity index (χ4v) is 1.70. The van der Waals surface area contributed by atoms with E-state index < -0.39 is 0 Å². The smallest absolute Gasteiger partial charge is 0.261 e. The highest BCUT2D eigenvalue weighted by Crippen LogP contribution is 2.21. The molecule has 92 valence electrons. The Morgan fingerprint density at radius 1 is 1.39 bits per heavy atom. The van der Waals surface area contributed by atoms with Gasteiger partial charge >= 0.3 is 0 Å². The van der Waals surface area contributed by atoms with Crippen molar-refractivity contribution in [1.82, 2.24) is 30.1 Å². The van der Waals surface area contributed by atoms with Crippen molar-refractivity contribution in [2.75, 3.05) is 13.6 Å². The average molecular weight is 244 g/mol. The molecule has 3 heterocycles. The van der Waals surface area contributed by atoms with Crippen LogP contribution in [0.25, 0.3) is 17.0 Å². The van der Waals surface area contributed by atoms with Crippen molar-refractivity contribution in [2.45, 2.75) is 6.42 Å². The van der Waals surface area contributed by atoms with Crippen LogP contribution in [0.5, 0.6) is 0 Å². The van der Waals surface area contributed by atoms with Crippen molar-refractivity contribution in [2.24, 2.45) is 0 Å². The van der Waals surface area contributed by atoms with Gasteiger partial charge in [0.2, 0.25) is 0 Å². The van der Waals surface area contributed by atoms with Crippen molar-refractivity contribution in [3.63, 3.8) is 0 Å². The lowest BCUT2D eigenvalue weighted by atomic mass is 10.3. The Bertz CT molecular complexity index is 658. The molecule has 0 spiro atoms. The third kappa shape index (κ3) is 1.84. The van der Waals surface area contributed by atoms with Crippen LogP contribution in [-0.4, -0.2) is 38.3 Å². The van der Waals surface area contributed by atoms with Crippen LogP contribution in [0.3, 0.4) is 0 Å². The first-order valence-electron chi connectivity index (χ1n) is 5.63. The van der Waals surface area contributed by atoms with Crippen LogP contribution < -0.4 is 5.32 Å². The number of hydrogen-bond donors (Lipinski definition) is 1. The molecule has 0 unspecified atom stereocenters. The standard InChI is InChI=1S/C11H12N6O/c1-12-3-2-10-15-11(18-16-10)8-6-14-17-5-4-13-7-9(8)17/h4-7,12H,2-3H2,1H3. The number of rotatable bonds is 4. The zero-order valence-electron chi connectivity index (χ0n) is 9.87. The Labute approximate surface area is 103 Å². The van der Waals surface area contributed by atoms with E-state index in [0.717, 1.165) is 24.0 Å². The third-order valence-corrected chi connectivity index (χ3v) is 2.62. The lowest BCUT2D eigenvalue weighted by Crippen LogP contribution is -2.10. The summed E-state index contributed by atoms with van der Waals surface area (Å²) in [4.78, 5) is 8.41. The Morgan fingerprint density at radius 3 is 3.22 bits per heavy atom. The van der Waals surface area contributed by atoms with E-state index in [1.54, 1.807) is 29.3 Å². The van der Waals surface area contributed by atoms with E-state index >= 15 is 0 Å². The summed E-state index contributed by atoms with van der Waals surface area (Å²) in [5.41, 5.74) is 1.65. The van der Waals surface area contributed by atoms with Crippen LogP contribution in [0.1, 0.15) is 5.82 Å². The van der Waals surface area contributed by atoms with E-state index in [-0.39, 0.29) is 0 Å². The molecule has 18 heavy (non-hydrogen) atoms. The van der Waals surface area contributed by atoms with Gasteiger partial charge in [0.15, 0.2) is 5.82 Å². The zero-order valence-corrected chi connectivity index (χ0v) is 9.87. The van der Waals surface area contributed by atoms with Gasteiger partial charge in [-0.3, -0.25) is 4.98 Å². The molecule has 0 amide bonds. The minimum Gasteiger partial charge on any atom is -0.334 e. The highest BCUT2D eigenvalue weighted by atomic mass is 16.5. The summed E-state index contributed by atoms with van der Waals surface area (Å²) in [6, 6.07) is 0. The van der Waals surface area contributed by atoms with E-state index in [1.807, 2.05) is 7.05 Å². The maximum Gasteiger partial charge on any atom is 0.261 e. The van der Waals surface area contributed by atoms with E-state index in [0.29, 0.717) is 11.7 Å². The summed E-state index contributed by atoms with van der Waals surface area (Å²) in [6.45, 7) is 0.815. The van der Waals surface area contributed by atoms with E-state index in [2.05, 4.69) is 25.5 Å². The molecule has 0 aliphatic heterocycles. The van der Waals surface area contributed by atoms with Crippen LogP contribution in [0, 0.1) is 0 Å². The van der Waals surface area contributed by atoms with Crippen LogP contribution in [0.15, 0.2) is 29.3 Å². The first-order valence-corrected chi connectivity index (χ1v) is 5.63. The molecule has 0 radical (unpaired) electrons. The molecule has 0 aromatic carbocycles. The molecule has 0 fully saturated rings. The highest BCUT2D eigenvalue weighted by Gasteiger charge is 2.13. The van der Waals surface area contributed by atoms with Gasteiger partial charge in [-0.25, -0.2) is 4.52 Å². The van der Waals surface area contributed by atoms with E-state index in [9.17, 15) is 0 Å². The second-order valence-corrected chi connectivity index (χ2v) is 3.83. The van der Waals surface area contributed by atoms with Gasteiger partial charge in [0.1, 0.15) is 0 Å². The van der Waals surface area contributed by atoms with Crippen molar-refractivity contribution < 1.29 is 4.52 Å². The molecule has 7 nitrogen and oxygen atoms in total. The molecule has 3 rings (SSSR count). The topological polar surface area (TPSA) is 81.1 Å². The predicted molar refractivity (Wildman–Crippen MR) is 63.9 cm³/mol. The lowest BCUT2D eigenvalue weighted by molar-refractivity contribution is 0.422. The van der Waals surface area contributed by atoms with Crippen molar-refractivity contribution in [3.8, 4) is 11.5 Å². The summed E-state index contributed by atoms with van der Waals surface area (Å²) in [5.74, 6) is 1.16. The summed E-state index contributed by atoms with van der Waals surface area (Å²) < 4.78 is 6.97. The molecule has 1 N–H and O–H groups in total. The Morgan fingerprint density at radius 2 is 2.33 bits per heavy atom. The van der Waals surface area contributed by atoms with E-state index in [1.165, 1.54) is 0 Å². The number of fused-ring (bicyclic) bond motifs is 1. The first-order chi connectivity index (χ1) is 8.88. The van der Waals surface area contributed by atoms with Gasteiger partial charge in [-0.05, 0) is 7.05 Å². The lowest BCUT2D eigenvalue weighted by Gasteiger charge is -1.92. The van der Waals surface area contributed by atoms with Gasteiger partial charge in [-0.2, -0.15) is 10.1 Å². The minimum absolute atomic E-state index is 0.476. The third-order valence-electron chi connectivity index (χ3n) is 2.62. The molecule has 3 aromatic rings. The molecule has 0 atom stereocenters. The predicted octanol–water partition coefficient (Wildman–Crippen LogP) is 0.541. The largest absolute Gasteiger partial charge is 0.334 e. The fraction of sp³-hybridized carbons (Fsp3) is 0.273. The Hall–Kier alpha value is -2.28. The van der Waals surface area contributed by atoms with Gasteiger partial charge in [-0.1, -0.05) is 5.16 Å². The number of nitrogens with zero attached hydrogens (tertiary/aromatic N) is 5. The van der Waals surface area contributed by atoms with Crippen LogP contribution in [0.2, 0.25) is 0 Å². The molecule has 0 aliphatic rings. The zero-order chi connectivity index (χ0) is 12.4. The maximum atomic E-state index is 5.24. The molecule has 0 aliphatic carbocycles. The quantitative estimate of drug-likeness (QED) is 0.721. The van der Waals surface area contributed by atoms with Gasteiger partial charge < -0.3 is 9.84 Å². The van der Waals surface area contributed by atoms with Gasteiger partial charge in [0.05, 0.1) is 23.5 Å². The summed E-state index contributed by atoms with van der Waals surface area (Å²) >= 11 is 0. The van der Waals surface area contributed by atoms with Crippen molar-refractivity contribution in [1.29, 1.82) is 0 Å². The second-order valence-electron chi connectivity index (χ2n) is 3.83. The van der Waals surface area contributed by atoms with Crippen molar-refractivity contribution in [3.05, 3.63) is 30.6 Å². The molecule has 0 bridgehead atoms. The molecular formula is C11H12N6O. The van der Waals surface area contributed by atoms with Crippen LogP contribution in [-0.2, 0) is 6.42 Å². The van der Waals surface area contributed by atoms with Crippen LogP contribution >= 0.6 is 0 Å². The molecular weight excluding hydrogens is 232 g/mol. The molecule has 7 heteroatoms. The van der Waals surface area contributed by atoms with Gasteiger partial charge in [-0.15, -0.1) is 0 Å². The summed E-state index contributed by atoms with van der Waals surface area (Å²) in [6.07, 6.45) is 7.61. The SMILES string of the molecule is CNCCc1noc(-c2cnn3ccncc23)n1. The average Bonchev–Trinajstić information content (AvgIpc) is 3.02. The Kier molecular flexibility index (Phi) is 2.73. The molecule has 3 aromatic heterocycles. The number of aromatic nitrogens is 5. The summed E-state index contributed by atoms with van der Waals surface area (Å²) in [5, 5.41) is 11.2. The monoisotopic (exact) mass is 244 g/mol. The molecule has 0 saturated heterocycles. The van der Waals surface area contributed by atoms with E-state index in [4.69, 9.17) is 4.52 Å². The first kappa shape index (κ1) is 10.8.